The largest absolute Gasteiger partial charge is 0.508 e. The van der Waals surface area contributed by atoms with Crippen LogP contribution in [0.1, 0.15) is 18.9 Å². The molecule has 2 atom stereocenters. The van der Waals surface area contributed by atoms with Gasteiger partial charge < -0.3 is 20.6 Å². The van der Waals surface area contributed by atoms with Gasteiger partial charge in [0.2, 0.25) is 17.7 Å². The summed E-state index contributed by atoms with van der Waals surface area (Å²) in [4.78, 5) is 38.4. The Kier molecular flexibility index (Phi) is 7.32. The van der Waals surface area contributed by atoms with Crippen molar-refractivity contribution in [1.29, 1.82) is 0 Å². The van der Waals surface area contributed by atoms with Crippen LogP contribution >= 0.6 is 11.8 Å². The van der Waals surface area contributed by atoms with Gasteiger partial charge in [-0.05, 0) is 37.3 Å². The number of benzene rings is 1. The highest BCUT2D eigenvalue weighted by Crippen LogP contribution is 2.20. The topological polar surface area (TPSA) is 98.7 Å². The van der Waals surface area contributed by atoms with Crippen LogP contribution in [0.25, 0.3) is 0 Å². The molecule has 1 saturated heterocycles. The molecule has 1 fully saturated rings. The molecule has 2 rings (SSSR count). The van der Waals surface area contributed by atoms with E-state index in [1.165, 1.54) is 23.9 Å². The van der Waals surface area contributed by atoms with Gasteiger partial charge in [-0.3, -0.25) is 14.4 Å². The number of aromatic hydroxyl groups is 1. The molecule has 142 valence electrons. The Morgan fingerprint density at radius 1 is 1.27 bits per heavy atom. The second-order valence-corrected chi connectivity index (χ2v) is 7.10. The van der Waals surface area contributed by atoms with Gasteiger partial charge in [-0.15, -0.1) is 0 Å². The fourth-order valence-electron chi connectivity index (χ4n) is 3.04. The Hall–Kier alpha value is -2.22. The number of nitrogens with one attached hydrogen (secondary N) is 2. The van der Waals surface area contributed by atoms with Crippen LogP contribution in [0.5, 0.6) is 5.75 Å². The molecule has 0 radical (unpaired) electrons. The molecule has 26 heavy (non-hydrogen) atoms. The summed E-state index contributed by atoms with van der Waals surface area (Å²) in [5.41, 5.74) is 0.786. The van der Waals surface area contributed by atoms with Crippen molar-refractivity contribution >= 4 is 29.5 Å². The van der Waals surface area contributed by atoms with Crippen molar-refractivity contribution in [1.82, 2.24) is 15.5 Å². The number of phenols is 1. The maximum absolute atomic E-state index is 12.3. The number of amides is 3. The first-order chi connectivity index (χ1) is 12.4. The minimum absolute atomic E-state index is 0.0935. The Morgan fingerprint density at radius 2 is 1.96 bits per heavy atom. The molecule has 3 N–H and O–H groups in total. The molecule has 3 amide bonds. The first kappa shape index (κ1) is 20.1. The van der Waals surface area contributed by atoms with E-state index in [9.17, 15) is 19.5 Å². The lowest BCUT2D eigenvalue weighted by molar-refractivity contribution is -0.136. The first-order valence-electron chi connectivity index (χ1n) is 8.58. The Balaban J connectivity index is 1.98. The maximum atomic E-state index is 12.3. The molecule has 0 bridgehead atoms. The summed E-state index contributed by atoms with van der Waals surface area (Å²) < 4.78 is 0. The quantitative estimate of drug-likeness (QED) is 0.642. The number of likely N-dealkylation sites (N-methyl/N-ethyl adjacent to an activating group) is 1. The van der Waals surface area contributed by atoms with Crippen molar-refractivity contribution < 1.29 is 19.5 Å². The minimum Gasteiger partial charge on any atom is -0.508 e. The Labute approximate surface area is 157 Å². The monoisotopic (exact) mass is 379 g/mol. The lowest BCUT2D eigenvalue weighted by atomic mass is 10.1. The molecular formula is C18H25N3O4S. The minimum atomic E-state index is -0.548. The van der Waals surface area contributed by atoms with Gasteiger partial charge in [0.05, 0.1) is 12.2 Å². The van der Waals surface area contributed by atoms with Crippen molar-refractivity contribution in [2.24, 2.45) is 0 Å². The third-order valence-corrected chi connectivity index (χ3v) is 4.74. The van der Waals surface area contributed by atoms with E-state index < -0.39 is 6.04 Å². The van der Waals surface area contributed by atoms with Gasteiger partial charge in [-0.25, -0.2) is 0 Å². The van der Waals surface area contributed by atoms with Gasteiger partial charge in [-0.2, -0.15) is 11.8 Å². The van der Waals surface area contributed by atoms with Gasteiger partial charge in [0, 0.05) is 19.1 Å². The highest BCUT2D eigenvalue weighted by Gasteiger charge is 2.39. The van der Waals surface area contributed by atoms with Gasteiger partial charge >= 0.3 is 0 Å². The molecule has 0 spiro atoms. The van der Waals surface area contributed by atoms with Crippen LogP contribution in [0.3, 0.4) is 0 Å². The number of likely N-dealkylation sites (tertiary alicyclic amines) is 1. The summed E-state index contributed by atoms with van der Waals surface area (Å²) in [7, 11) is 0. The van der Waals surface area contributed by atoms with Crippen LogP contribution in [0.2, 0.25) is 0 Å². The van der Waals surface area contributed by atoms with Gasteiger partial charge in [0.1, 0.15) is 11.8 Å². The zero-order valence-corrected chi connectivity index (χ0v) is 15.8. The molecule has 8 heteroatoms. The number of carbonyl (C=O) groups is 3. The molecular weight excluding hydrogens is 354 g/mol. The van der Waals surface area contributed by atoms with E-state index in [4.69, 9.17) is 0 Å². The Morgan fingerprint density at radius 3 is 2.58 bits per heavy atom. The van der Waals surface area contributed by atoms with Crippen molar-refractivity contribution in [3.63, 3.8) is 0 Å². The number of rotatable bonds is 7. The van der Waals surface area contributed by atoms with Crippen LogP contribution < -0.4 is 10.6 Å². The molecule has 0 aliphatic carbocycles. The molecule has 1 aromatic carbocycles. The summed E-state index contributed by atoms with van der Waals surface area (Å²) >= 11 is 1.41. The fourth-order valence-corrected chi connectivity index (χ4v) is 3.45. The SMILES string of the molecule is CCNC(=O)[C@@H]1C[C@H](NC(=O)Cc2ccc(O)cc2)CN1C(=O)CSC. The second kappa shape index (κ2) is 9.47. The van der Waals surface area contributed by atoms with E-state index in [0.717, 1.165) is 5.56 Å². The molecule has 0 unspecified atom stereocenters. The van der Waals surface area contributed by atoms with Gasteiger partial charge in [0.25, 0.3) is 0 Å². The van der Waals surface area contributed by atoms with Crippen molar-refractivity contribution in [2.45, 2.75) is 31.8 Å². The number of carbonyl (C=O) groups excluding carboxylic acids is 3. The fraction of sp³-hybridized carbons (Fsp3) is 0.500. The lowest BCUT2D eigenvalue weighted by Crippen LogP contribution is -2.46. The zero-order valence-electron chi connectivity index (χ0n) is 15.0. The molecule has 1 aliphatic heterocycles. The first-order valence-corrected chi connectivity index (χ1v) is 9.97. The van der Waals surface area contributed by atoms with Gasteiger partial charge in [0.15, 0.2) is 0 Å². The molecule has 1 heterocycles. The Bertz CT molecular complexity index is 624. The molecule has 0 aromatic heterocycles. The highest BCUT2D eigenvalue weighted by atomic mass is 32.2. The molecule has 7 nitrogen and oxygen atoms in total. The predicted molar refractivity (Wildman–Crippen MR) is 101 cm³/mol. The number of thioether (sulfide) groups is 1. The maximum Gasteiger partial charge on any atom is 0.242 e. The standard InChI is InChI=1S/C18H25N3O4S/c1-3-19-18(25)15-9-13(10-21(15)17(24)11-26-2)20-16(23)8-12-4-6-14(22)7-5-12/h4-7,13,15,22H,3,8-11H2,1-2H3,(H,19,25)(H,20,23)/t13-,15-/m0/s1. The third kappa shape index (κ3) is 5.39. The summed E-state index contributed by atoms with van der Waals surface area (Å²) in [5.74, 6) is 0.0119. The molecule has 1 aromatic rings. The third-order valence-electron chi connectivity index (χ3n) is 4.21. The van der Waals surface area contributed by atoms with Crippen LogP contribution in [0.4, 0.5) is 0 Å². The van der Waals surface area contributed by atoms with E-state index >= 15 is 0 Å². The zero-order chi connectivity index (χ0) is 19.1. The predicted octanol–water partition coefficient (Wildman–Crippen LogP) is 0.520. The smallest absolute Gasteiger partial charge is 0.242 e. The number of hydrogen-bond donors (Lipinski definition) is 3. The molecule has 1 aliphatic rings. The summed E-state index contributed by atoms with van der Waals surface area (Å²) in [6.07, 6.45) is 2.43. The van der Waals surface area contributed by atoms with E-state index in [0.29, 0.717) is 25.3 Å². The van der Waals surface area contributed by atoms with Crippen LogP contribution in [0, 0.1) is 0 Å². The van der Waals surface area contributed by atoms with E-state index in [1.54, 1.807) is 17.0 Å². The molecule has 0 saturated carbocycles. The number of nitrogens with zero attached hydrogens (tertiary/aromatic N) is 1. The van der Waals surface area contributed by atoms with Crippen LogP contribution in [-0.4, -0.2) is 64.9 Å². The lowest BCUT2D eigenvalue weighted by Gasteiger charge is -2.23. The van der Waals surface area contributed by atoms with E-state index in [2.05, 4.69) is 10.6 Å². The van der Waals surface area contributed by atoms with E-state index in [-0.39, 0.29) is 35.9 Å². The van der Waals surface area contributed by atoms with Gasteiger partial charge in [-0.1, -0.05) is 12.1 Å². The normalized spacial score (nSPS) is 19.2. The van der Waals surface area contributed by atoms with Crippen molar-refractivity contribution in [3.05, 3.63) is 29.8 Å². The average molecular weight is 379 g/mol. The summed E-state index contributed by atoms with van der Waals surface area (Å²) in [6.45, 7) is 2.66. The summed E-state index contributed by atoms with van der Waals surface area (Å²) in [5, 5.41) is 15.0. The highest BCUT2D eigenvalue weighted by molar-refractivity contribution is 7.99. The number of phenolic OH excluding ortho intramolecular Hbond substituents is 1. The van der Waals surface area contributed by atoms with Crippen molar-refractivity contribution in [3.8, 4) is 5.75 Å². The average Bonchev–Trinajstić information content (AvgIpc) is 3.01. The second-order valence-electron chi connectivity index (χ2n) is 6.23. The summed E-state index contributed by atoms with van der Waals surface area (Å²) in [6, 6.07) is 5.65. The van der Waals surface area contributed by atoms with E-state index in [1.807, 2.05) is 13.2 Å². The van der Waals surface area contributed by atoms with Crippen molar-refractivity contribution in [2.75, 3.05) is 25.1 Å². The van der Waals surface area contributed by atoms with Crippen LogP contribution in [0.15, 0.2) is 24.3 Å². The van der Waals surface area contributed by atoms with Crippen LogP contribution in [-0.2, 0) is 20.8 Å². The number of hydrogen-bond acceptors (Lipinski definition) is 5.